The Balaban J connectivity index is 1.97. The summed E-state index contributed by atoms with van der Waals surface area (Å²) in [5.74, 6) is 0.259. The van der Waals surface area contributed by atoms with Crippen LogP contribution in [-0.2, 0) is 6.54 Å². The largest absolute Gasteiger partial charge is 0.392 e. The normalized spacial score (nSPS) is 12.8. The van der Waals surface area contributed by atoms with Crippen molar-refractivity contribution < 1.29 is 5.11 Å². The second-order valence-corrected chi connectivity index (χ2v) is 4.95. The molecule has 1 atom stereocenters. The summed E-state index contributed by atoms with van der Waals surface area (Å²) in [7, 11) is 0. The van der Waals surface area contributed by atoms with E-state index in [2.05, 4.69) is 20.5 Å². The molecule has 0 aromatic carbocycles. The molecular formula is C14H20N4O. The predicted octanol–water partition coefficient (Wildman–Crippen LogP) is 1.58. The Morgan fingerprint density at radius 1 is 1.37 bits per heavy atom. The number of hydrogen-bond acceptors (Lipinski definition) is 4. The molecule has 0 saturated carbocycles. The zero-order valence-corrected chi connectivity index (χ0v) is 11.3. The van der Waals surface area contributed by atoms with Crippen molar-refractivity contribution in [2.45, 2.75) is 26.5 Å². The van der Waals surface area contributed by atoms with Crippen molar-refractivity contribution in [3.05, 3.63) is 36.3 Å². The van der Waals surface area contributed by atoms with Gasteiger partial charge < -0.3 is 10.4 Å². The van der Waals surface area contributed by atoms with E-state index in [4.69, 9.17) is 0 Å². The number of aromatic amines is 1. The van der Waals surface area contributed by atoms with E-state index in [0.717, 1.165) is 16.8 Å². The van der Waals surface area contributed by atoms with E-state index in [1.165, 1.54) is 0 Å². The summed E-state index contributed by atoms with van der Waals surface area (Å²) in [5, 5.41) is 20.1. The van der Waals surface area contributed by atoms with E-state index in [9.17, 15) is 5.11 Å². The summed E-state index contributed by atoms with van der Waals surface area (Å²) < 4.78 is 0. The lowest BCUT2D eigenvalue weighted by atomic mass is 10.1. The molecule has 0 amide bonds. The smallest absolute Gasteiger partial charge is 0.0710 e. The first-order chi connectivity index (χ1) is 9.18. The van der Waals surface area contributed by atoms with E-state index >= 15 is 0 Å². The third kappa shape index (κ3) is 3.62. The second kappa shape index (κ2) is 6.45. The second-order valence-electron chi connectivity index (χ2n) is 4.95. The molecule has 0 saturated heterocycles. The van der Waals surface area contributed by atoms with Crippen molar-refractivity contribution in [2.75, 3.05) is 6.54 Å². The average Bonchev–Trinajstić information content (AvgIpc) is 2.88. The van der Waals surface area contributed by atoms with Crippen LogP contribution in [-0.4, -0.2) is 32.9 Å². The fraction of sp³-hybridized carbons (Fsp3) is 0.429. The molecule has 0 fully saturated rings. The lowest BCUT2D eigenvalue weighted by molar-refractivity contribution is 0.123. The number of hydrogen-bond donors (Lipinski definition) is 3. The van der Waals surface area contributed by atoms with Crippen LogP contribution in [0.15, 0.2) is 30.7 Å². The lowest BCUT2D eigenvalue weighted by Gasteiger charge is -2.15. The van der Waals surface area contributed by atoms with Crippen molar-refractivity contribution in [2.24, 2.45) is 5.92 Å². The molecule has 19 heavy (non-hydrogen) atoms. The SMILES string of the molecule is CC(C)C(O)CNCc1cn[nH]c1-c1cccnc1. The zero-order valence-electron chi connectivity index (χ0n) is 11.3. The summed E-state index contributed by atoms with van der Waals surface area (Å²) in [5.41, 5.74) is 3.06. The maximum atomic E-state index is 9.75. The molecule has 1 unspecified atom stereocenters. The van der Waals surface area contributed by atoms with E-state index in [0.29, 0.717) is 13.1 Å². The molecule has 102 valence electrons. The van der Waals surface area contributed by atoms with Gasteiger partial charge in [0.05, 0.1) is 18.0 Å². The summed E-state index contributed by atoms with van der Waals surface area (Å²) in [6.07, 6.45) is 5.03. The van der Waals surface area contributed by atoms with Crippen LogP contribution in [0, 0.1) is 5.92 Å². The topological polar surface area (TPSA) is 73.8 Å². The molecule has 2 rings (SSSR count). The van der Waals surface area contributed by atoms with Gasteiger partial charge in [-0.3, -0.25) is 10.1 Å². The summed E-state index contributed by atoms with van der Waals surface area (Å²) in [6, 6.07) is 3.89. The molecule has 0 aliphatic carbocycles. The maximum Gasteiger partial charge on any atom is 0.0710 e. The molecule has 5 heteroatoms. The fourth-order valence-corrected chi connectivity index (χ4v) is 1.80. The summed E-state index contributed by atoms with van der Waals surface area (Å²) >= 11 is 0. The van der Waals surface area contributed by atoms with E-state index in [-0.39, 0.29) is 12.0 Å². The Morgan fingerprint density at radius 3 is 2.89 bits per heavy atom. The third-order valence-corrected chi connectivity index (χ3v) is 3.11. The molecular weight excluding hydrogens is 240 g/mol. The van der Waals surface area contributed by atoms with Crippen LogP contribution < -0.4 is 5.32 Å². The number of nitrogens with zero attached hydrogens (tertiary/aromatic N) is 2. The van der Waals surface area contributed by atoms with Gasteiger partial charge in [0.15, 0.2) is 0 Å². The Labute approximate surface area is 113 Å². The molecule has 3 N–H and O–H groups in total. The van der Waals surface area contributed by atoms with E-state index in [1.54, 1.807) is 18.6 Å². The number of aromatic nitrogens is 3. The Bertz CT molecular complexity index is 495. The zero-order chi connectivity index (χ0) is 13.7. The van der Waals surface area contributed by atoms with Crippen LogP contribution in [0.4, 0.5) is 0 Å². The highest BCUT2D eigenvalue weighted by atomic mass is 16.3. The van der Waals surface area contributed by atoms with Crippen LogP contribution in [0.1, 0.15) is 19.4 Å². The first-order valence-electron chi connectivity index (χ1n) is 6.50. The molecule has 5 nitrogen and oxygen atoms in total. The van der Waals surface area contributed by atoms with Crippen molar-refractivity contribution >= 4 is 0 Å². The van der Waals surface area contributed by atoms with Gasteiger partial charge in [0, 0.05) is 36.6 Å². The van der Waals surface area contributed by atoms with Crippen LogP contribution in [0.5, 0.6) is 0 Å². The first-order valence-corrected chi connectivity index (χ1v) is 6.50. The molecule has 0 aliphatic heterocycles. The summed E-state index contributed by atoms with van der Waals surface area (Å²) in [6.45, 7) is 5.26. The van der Waals surface area contributed by atoms with Gasteiger partial charge in [0.25, 0.3) is 0 Å². The Morgan fingerprint density at radius 2 is 2.21 bits per heavy atom. The van der Waals surface area contributed by atoms with E-state index in [1.807, 2.05) is 26.0 Å². The number of H-pyrrole nitrogens is 1. The fourth-order valence-electron chi connectivity index (χ4n) is 1.80. The first kappa shape index (κ1) is 13.7. The van der Waals surface area contributed by atoms with Gasteiger partial charge in [-0.2, -0.15) is 5.10 Å². The minimum Gasteiger partial charge on any atom is -0.392 e. The minimum absolute atomic E-state index is 0.259. The predicted molar refractivity (Wildman–Crippen MR) is 74.4 cm³/mol. The van der Waals surface area contributed by atoms with E-state index < -0.39 is 0 Å². The van der Waals surface area contributed by atoms with Gasteiger partial charge in [-0.15, -0.1) is 0 Å². The highest BCUT2D eigenvalue weighted by molar-refractivity contribution is 5.61. The maximum absolute atomic E-state index is 9.75. The van der Waals surface area contributed by atoms with Gasteiger partial charge in [-0.25, -0.2) is 0 Å². The van der Waals surface area contributed by atoms with Crippen molar-refractivity contribution in [1.29, 1.82) is 0 Å². The van der Waals surface area contributed by atoms with Gasteiger partial charge in [-0.1, -0.05) is 13.8 Å². The number of rotatable bonds is 6. The van der Waals surface area contributed by atoms with Crippen molar-refractivity contribution in [1.82, 2.24) is 20.5 Å². The number of pyridine rings is 1. The molecule has 0 spiro atoms. The van der Waals surface area contributed by atoms with Gasteiger partial charge >= 0.3 is 0 Å². The Kier molecular flexibility index (Phi) is 4.65. The van der Waals surface area contributed by atoms with Gasteiger partial charge in [0.1, 0.15) is 0 Å². The van der Waals surface area contributed by atoms with Gasteiger partial charge in [-0.05, 0) is 18.1 Å². The molecule has 2 aromatic rings. The van der Waals surface area contributed by atoms with Crippen LogP contribution in [0.3, 0.4) is 0 Å². The average molecular weight is 260 g/mol. The Hall–Kier alpha value is -1.72. The number of aliphatic hydroxyl groups is 1. The third-order valence-electron chi connectivity index (χ3n) is 3.11. The molecule has 2 aromatic heterocycles. The number of nitrogens with one attached hydrogen (secondary N) is 2. The highest BCUT2D eigenvalue weighted by Crippen LogP contribution is 2.19. The van der Waals surface area contributed by atoms with Crippen LogP contribution in [0.2, 0.25) is 0 Å². The monoisotopic (exact) mass is 260 g/mol. The molecule has 2 heterocycles. The van der Waals surface area contributed by atoms with Crippen LogP contribution in [0.25, 0.3) is 11.3 Å². The quantitative estimate of drug-likeness (QED) is 0.737. The highest BCUT2D eigenvalue weighted by Gasteiger charge is 2.10. The van der Waals surface area contributed by atoms with Crippen molar-refractivity contribution in [3.8, 4) is 11.3 Å². The van der Waals surface area contributed by atoms with Crippen molar-refractivity contribution in [3.63, 3.8) is 0 Å². The lowest BCUT2D eigenvalue weighted by Crippen LogP contribution is -2.30. The summed E-state index contributed by atoms with van der Waals surface area (Å²) in [4.78, 5) is 4.11. The number of aliphatic hydroxyl groups excluding tert-OH is 1. The molecule has 0 bridgehead atoms. The molecule has 0 aliphatic rings. The van der Waals surface area contributed by atoms with Gasteiger partial charge in [0.2, 0.25) is 0 Å². The standard InChI is InChI=1S/C14H20N4O/c1-10(2)13(19)9-16-7-12-8-17-18-14(12)11-4-3-5-15-6-11/h3-6,8,10,13,16,19H,7,9H2,1-2H3,(H,17,18). The minimum atomic E-state index is -0.325. The molecule has 0 radical (unpaired) electrons. The van der Waals surface area contributed by atoms with Crippen LogP contribution >= 0.6 is 0 Å².